The van der Waals surface area contributed by atoms with Gasteiger partial charge in [0.15, 0.2) is 11.5 Å². The van der Waals surface area contributed by atoms with Crippen molar-refractivity contribution < 1.29 is 9.53 Å². The van der Waals surface area contributed by atoms with Gasteiger partial charge >= 0.3 is 0 Å². The number of halogens is 1. The summed E-state index contributed by atoms with van der Waals surface area (Å²) in [6, 6.07) is 19.8. The number of fused-ring (bicyclic) bond motifs is 3. The number of nitrogens with one attached hydrogen (secondary N) is 1. The number of ether oxygens (including phenoxy) is 1. The molecule has 2 aliphatic heterocycles. The van der Waals surface area contributed by atoms with Crippen molar-refractivity contribution in [2.24, 2.45) is 10.9 Å². The first kappa shape index (κ1) is 37.8. The van der Waals surface area contributed by atoms with Gasteiger partial charge in [0.25, 0.3) is 5.91 Å². The van der Waals surface area contributed by atoms with E-state index < -0.39 is 0 Å². The van der Waals surface area contributed by atoms with Gasteiger partial charge in [0.1, 0.15) is 28.7 Å². The molecular formula is C43H46ClN9O2S. The monoisotopic (exact) mass is 787 g/mol. The average Bonchev–Trinajstić information content (AvgIpc) is 3.70. The Morgan fingerprint density at radius 2 is 1.73 bits per heavy atom. The van der Waals surface area contributed by atoms with Crippen LogP contribution in [0.4, 0.5) is 5.69 Å². The smallest absolute Gasteiger partial charge is 0.272 e. The molecule has 0 bridgehead atoms. The van der Waals surface area contributed by atoms with E-state index in [4.69, 9.17) is 26.6 Å². The summed E-state index contributed by atoms with van der Waals surface area (Å²) in [4.78, 5) is 22.0. The first-order valence-electron chi connectivity index (χ1n) is 19.6. The van der Waals surface area contributed by atoms with E-state index in [0.29, 0.717) is 27.9 Å². The largest absolute Gasteiger partial charge is 0.490 e. The second-order valence-electron chi connectivity index (χ2n) is 15.3. The molecule has 5 aromatic rings. The van der Waals surface area contributed by atoms with Gasteiger partial charge < -0.3 is 15.0 Å². The average molecular weight is 788 g/mol. The summed E-state index contributed by atoms with van der Waals surface area (Å²) in [5.41, 5.74) is 7.55. The van der Waals surface area contributed by atoms with Crippen molar-refractivity contribution in [3.8, 4) is 16.8 Å². The lowest BCUT2D eigenvalue weighted by Gasteiger charge is -2.33. The van der Waals surface area contributed by atoms with Gasteiger partial charge in [0.2, 0.25) is 0 Å². The van der Waals surface area contributed by atoms with Gasteiger partial charge in [0.05, 0.1) is 28.1 Å². The number of aliphatic imine (C=N–C) groups is 1. The van der Waals surface area contributed by atoms with Crippen molar-refractivity contribution in [1.82, 2.24) is 30.3 Å². The van der Waals surface area contributed by atoms with E-state index in [2.05, 4.69) is 86.3 Å². The van der Waals surface area contributed by atoms with Crippen LogP contribution in [-0.4, -0.2) is 61.8 Å². The van der Waals surface area contributed by atoms with Crippen molar-refractivity contribution in [1.29, 1.82) is 5.26 Å². The minimum absolute atomic E-state index is 0.0433. The van der Waals surface area contributed by atoms with Crippen LogP contribution in [-0.2, 0) is 6.42 Å². The zero-order valence-electron chi connectivity index (χ0n) is 32.3. The zero-order valence-corrected chi connectivity index (χ0v) is 33.8. The molecule has 5 heterocycles. The predicted molar refractivity (Wildman–Crippen MR) is 220 cm³/mol. The molecule has 11 nitrogen and oxygen atoms in total. The molecule has 0 unspecified atom stereocenters. The van der Waals surface area contributed by atoms with Gasteiger partial charge in [-0.1, -0.05) is 23.7 Å². The van der Waals surface area contributed by atoms with Crippen molar-refractivity contribution in [3.63, 3.8) is 0 Å². The molecule has 3 aromatic heterocycles. The predicted octanol–water partition coefficient (Wildman–Crippen LogP) is 8.45. The highest BCUT2D eigenvalue weighted by atomic mass is 35.5. The number of amides is 1. The zero-order chi connectivity index (χ0) is 38.9. The molecule has 3 aliphatic rings. The summed E-state index contributed by atoms with van der Waals surface area (Å²) in [6.07, 6.45) is 7.46. The van der Waals surface area contributed by atoms with Gasteiger partial charge in [-0.05, 0) is 127 Å². The van der Waals surface area contributed by atoms with Crippen molar-refractivity contribution in [3.05, 3.63) is 110 Å². The highest BCUT2D eigenvalue weighted by Gasteiger charge is 2.30. The number of aryl methyl sites for hydroxylation is 3. The fourth-order valence-corrected chi connectivity index (χ4v) is 9.62. The van der Waals surface area contributed by atoms with Crippen LogP contribution in [0.5, 0.6) is 5.75 Å². The van der Waals surface area contributed by atoms with Crippen LogP contribution in [0.1, 0.15) is 113 Å². The van der Waals surface area contributed by atoms with Gasteiger partial charge in [-0.25, -0.2) is 0 Å². The lowest BCUT2D eigenvalue weighted by molar-refractivity contribution is 0.0888. The van der Waals surface area contributed by atoms with Crippen LogP contribution in [0.3, 0.4) is 0 Å². The number of rotatable bonds is 9. The highest BCUT2D eigenvalue weighted by Crippen LogP contribution is 2.39. The normalized spacial score (nSPS) is 19.7. The molecule has 1 atom stereocenters. The van der Waals surface area contributed by atoms with Crippen molar-refractivity contribution >= 4 is 40.2 Å². The number of nitrogens with zero attached hydrogens (tertiary/aromatic N) is 8. The molecule has 1 saturated heterocycles. The molecule has 1 amide bonds. The van der Waals surface area contributed by atoms with E-state index in [1.165, 1.54) is 21.7 Å². The SMILES string of the molecule is Cc1sc2c(c1C)C(c1ccc(N3CCC(CCc4ccc(C(=O)NC5CCC(Oc6ccc(C#N)c(Cl)c6)CC5)nn4)CC3)cc1)=N[C@@H](C)c1nnc(C)n1-2. The second-order valence-corrected chi connectivity index (χ2v) is 16.9. The topological polar surface area (TPSA) is 134 Å². The van der Waals surface area contributed by atoms with E-state index >= 15 is 0 Å². The maximum atomic E-state index is 13.0. The van der Waals surface area contributed by atoms with Gasteiger partial charge in [0, 0.05) is 46.9 Å². The lowest BCUT2D eigenvalue weighted by Crippen LogP contribution is -2.40. The minimum Gasteiger partial charge on any atom is -0.490 e. The Bertz CT molecular complexity index is 2290. The molecule has 8 rings (SSSR count). The van der Waals surface area contributed by atoms with E-state index in [9.17, 15) is 4.79 Å². The van der Waals surface area contributed by atoms with Crippen LogP contribution in [0.15, 0.2) is 59.6 Å². The maximum Gasteiger partial charge on any atom is 0.272 e. The van der Waals surface area contributed by atoms with Gasteiger partial charge in [-0.2, -0.15) is 10.4 Å². The molecule has 2 fully saturated rings. The molecule has 1 N–H and O–H groups in total. The number of carbonyl (C=O) groups is 1. The molecule has 13 heteroatoms. The van der Waals surface area contributed by atoms with Gasteiger partial charge in [-0.15, -0.1) is 26.6 Å². The minimum atomic E-state index is -0.189. The summed E-state index contributed by atoms with van der Waals surface area (Å²) in [5, 5.41) is 31.3. The van der Waals surface area contributed by atoms with Crippen LogP contribution in [0.25, 0.3) is 5.00 Å². The Hall–Kier alpha value is -5.12. The van der Waals surface area contributed by atoms with Crippen LogP contribution in [0.2, 0.25) is 5.02 Å². The summed E-state index contributed by atoms with van der Waals surface area (Å²) >= 11 is 7.94. The first-order valence-corrected chi connectivity index (χ1v) is 20.8. The van der Waals surface area contributed by atoms with Gasteiger partial charge in [-0.3, -0.25) is 14.4 Å². The lowest BCUT2D eigenvalue weighted by atomic mass is 9.91. The molecule has 0 spiro atoms. The number of hydrogen-bond acceptors (Lipinski definition) is 10. The fraction of sp³-hybridized carbons (Fsp3) is 0.419. The van der Waals surface area contributed by atoms with Crippen LogP contribution >= 0.6 is 22.9 Å². The highest BCUT2D eigenvalue weighted by molar-refractivity contribution is 7.15. The molecule has 1 saturated carbocycles. The van der Waals surface area contributed by atoms with Crippen molar-refractivity contribution in [2.75, 3.05) is 18.0 Å². The quantitative estimate of drug-likeness (QED) is 0.157. The number of thiophene rings is 1. The Morgan fingerprint density at radius 1 is 0.964 bits per heavy atom. The number of piperidine rings is 1. The Balaban J connectivity index is 0.795. The number of hydrogen-bond donors (Lipinski definition) is 1. The Labute approximate surface area is 336 Å². The van der Waals surface area contributed by atoms with E-state index in [1.54, 1.807) is 35.6 Å². The summed E-state index contributed by atoms with van der Waals surface area (Å²) in [5.74, 6) is 2.87. The first-order chi connectivity index (χ1) is 27.1. The Morgan fingerprint density at radius 3 is 2.43 bits per heavy atom. The number of aromatic nitrogens is 5. The van der Waals surface area contributed by atoms with Crippen molar-refractivity contribution in [2.45, 2.75) is 97.2 Å². The number of benzene rings is 2. The van der Waals surface area contributed by atoms with E-state index in [0.717, 1.165) is 98.1 Å². The Kier molecular flexibility index (Phi) is 10.9. The second kappa shape index (κ2) is 16.2. The third kappa shape index (κ3) is 7.80. The third-order valence-electron chi connectivity index (χ3n) is 11.6. The van der Waals surface area contributed by atoms with E-state index in [1.807, 2.05) is 13.0 Å². The molecule has 288 valence electrons. The summed E-state index contributed by atoms with van der Waals surface area (Å²) < 4.78 is 8.28. The summed E-state index contributed by atoms with van der Waals surface area (Å²) in [7, 11) is 0. The number of nitriles is 1. The number of carbonyl (C=O) groups excluding carboxylic acids is 1. The summed E-state index contributed by atoms with van der Waals surface area (Å²) in [6.45, 7) is 10.5. The third-order valence-corrected chi connectivity index (χ3v) is 13.1. The van der Waals surface area contributed by atoms with Crippen LogP contribution < -0.4 is 15.0 Å². The molecule has 2 aromatic carbocycles. The molecule has 56 heavy (non-hydrogen) atoms. The molecular weight excluding hydrogens is 742 g/mol. The number of anilines is 1. The van der Waals surface area contributed by atoms with Crippen LogP contribution in [0, 0.1) is 38.0 Å². The molecule has 1 aliphatic carbocycles. The fourth-order valence-electron chi connectivity index (χ4n) is 8.19. The standard InChI is InChI=1S/C43H46ClN9O2S/c1-25-27(3)56-43-39(25)40(46-26(2)41-51-48-28(4)53(41)43)30-6-13-34(14-7-30)52-21-19-29(20-22-52)5-9-33-12-18-38(50-49-33)42(54)47-32-10-16-35(17-11-32)55-36-15-8-31(24-45)37(44)23-36/h6-8,12-15,18,23,26,29,32,35H,5,9-11,16-17,19-22H2,1-4H3,(H,47,54)/t26-,32?,35?/m0/s1. The molecule has 0 radical (unpaired) electrons. The van der Waals surface area contributed by atoms with E-state index in [-0.39, 0.29) is 24.1 Å². The maximum absolute atomic E-state index is 13.0.